The van der Waals surface area contributed by atoms with Gasteiger partial charge in [0.1, 0.15) is 12.7 Å². The van der Waals surface area contributed by atoms with E-state index in [1.54, 1.807) is 12.7 Å². The molecule has 5 heteroatoms. The summed E-state index contributed by atoms with van der Waals surface area (Å²) in [6, 6.07) is 0.548. The van der Waals surface area contributed by atoms with E-state index in [9.17, 15) is 0 Å². The number of rotatable bonds is 6. The number of hydrogen-bond donors (Lipinski definition) is 1. The quantitative estimate of drug-likeness (QED) is 0.823. The van der Waals surface area contributed by atoms with Gasteiger partial charge in [0, 0.05) is 19.1 Å². The number of nitrogens with one attached hydrogen (secondary N) is 1. The standard InChI is InChI=1S/C13H25N5/c1-13(10-17-7-4-2-3-5-8-17)15-6-9-18-12-14-11-16-18/h11-13,15H,2-10H2,1H3. The van der Waals surface area contributed by atoms with Crippen LogP contribution in [0.1, 0.15) is 32.6 Å². The fourth-order valence-electron chi connectivity index (χ4n) is 2.54. The van der Waals surface area contributed by atoms with Crippen molar-refractivity contribution in [1.82, 2.24) is 25.0 Å². The summed E-state index contributed by atoms with van der Waals surface area (Å²) in [5, 5.41) is 7.65. The van der Waals surface area contributed by atoms with Crippen LogP contribution in [-0.2, 0) is 6.54 Å². The molecule has 1 atom stereocenters. The van der Waals surface area contributed by atoms with Gasteiger partial charge in [0.05, 0.1) is 6.54 Å². The molecule has 0 bridgehead atoms. The molecule has 0 spiro atoms. The van der Waals surface area contributed by atoms with Crippen LogP contribution in [0.3, 0.4) is 0 Å². The summed E-state index contributed by atoms with van der Waals surface area (Å²) in [7, 11) is 0. The fraction of sp³-hybridized carbons (Fsp3) is 0.846. The first-order valence-electron chi connectivity index (χ1n) is 7.13. The first-order valence-corrected chi connectivity index (χ1v) is 7.13. The second-order valence-electron chi connectivity index (χ2n) is 5.23. The van der Waals surface area contributed by atoms with Crippen molar-refractivity contribution in [1.29, 1.82) is 0 Å². The van der Waals surface area contributed by atoms with Crippen molar-refractivity contribution in [3.8, 4) is 0 Å². The molecule has 1 unspecified atom stereocenters. The number of nitrogens with zero attached hydrogens (tertiary/aromatic N) is 4. The van der Waals surface area contributed by atoms with Crippen molar-refractivity contribution in [2.45, 2.75) is 45.2 Å². The highest BCUT2D eigenvalue weighted by Gasteiger charge is 2.11. The number of aromatic nitrogens is 3. The lowest BCUT2D eigenvalue weighted by Gasteiger charge is -2.24. The van der Waals surface area contributed by atoms with Gasteiger partial charge < -0.3 is 10.2 Å². The molecular formula is C13H25N5. The van der Waals surface area contributed by atoms with Crippen molar-refractivity contribution in [2.75, 3.05) is 26.2 Å². The largest absolute Gasteiger partial charge is 0.311 e. The molecule has 1 aliphatic heterocycles. The van der Waals surface area contributed by atoms with Gasteiger partial charge in [-0.2, -0.15) is 5.10 Å². The summed E-state index contributed by atoms with van der Waals surface area (Å²) in [6.07, 6.45) is 8.90. The summed E-state index contributed by atoms with van der Waals surface area (Å²) < 4.78 is 1.87. The van der Waals surface area contributed by atoms with Crippen molar-refractivity contribution in [3.05, 3.63) is 12.7 Å². The molecule has 1 fully saturated rings. The Bertz CT molecular complexity index is 303. The molecule has 2 heterocycles. The van der Waals surface area contributed by atoms with Crippen molar-refractivity contribution in [2.24, 2.45) is 0 Å². The second-order valence-corrected chi connectivity index (χ2v) is 5.23. The van der Waals surface area contributed by atoms with Gasteiger partial charge in [0.15, 0.2) is 0 Å². The third-order valence-corrected chi connectivity index (χ3v) is 3.53. The summed E-state index contributed by atoms with van der Waals surface area (Å²) in [4.78, 5) is 6.54. The smallest absolute Gasteiger partial charge is 0.137 e. The Labute approximate surface area is 110 Å². The average Bonchev–Trinajstić information content (AvgIpc) is 2.74. The van der Waals surface area contributed by atoms with Crippen molar-refractivity contribution < 1.29 is 0 Å². The number of likely N-dealkylation sites (tertiary alicyclic amines) is 1. The molecule has 1 aromatic heterocycles. The maximum Gasteiger partial charge on any atom is 0.137 e. The van der Waals surface area contributed by atoms with Crippen LogP contribution >= 0.6 is 0 Å². The third-order valence-electron chi connectivity index (χ3n) is 3.53. The molecule has 0 amide bonds. The fourth-order valence-corrected chi connectivity index (χ4v) is 2.54. The molecule has 1 aliphatic rings. The van der Waals surface area contributed by atoms with E-state index in [1.165, 1.54) is 38.8 Å². The van der Waals surface area contributed by atoms with E-state index >= 15 is 0 Å². The minimum Gasteiger partial charge on any atom is -0.311 e. The minimum absolute atomic E-state index is 0.548. The minimum atomic E-state index is 0.548. The molecule has 1 saturated heterocycles. The highest BCUT2D eigenvalue weighted by Crippen LogP contribution is 2.09. The van der Waals surface area contributed by atoms with Gasteiger partial charge >= 0.3 is 0 Å². The second kappa shape index (κ2) is 7.48. The third kappa shape index (κ3) is 4.74. The predicted octanol–water partition coefficient (Wildman–Crippen LogP) is 1.13. The van der Waals surface area contributed by atoms with Crippen LogP contribution in [0.4, 0.5) is 0 Å². The van der Waals surface area contributed by atoms with Crippen LogP contribution in [0.15, 0.2) is 12.7 Å². The van der Waals surface area contributed by atoms with Crippen LogP contribution in [0, 0.1) is 0 Å². The van der Waals surface area contributed by atoms with E-state index in [4.69, 9.17) is 0 Å². The van der Waals surface area contributed by atoms with Crippen LogP contribution in [0.2, 0.25) is 0 Å². The lowest BCUT2D eigenvalue weighted by molar-refractivity contribution is 0.255. The molecule has 0 aliphatic carbocycles. The van der Waals surface area contributed by atoms with Crippen molar-refractivity contribution >= 4 is 0 Å². The Morgan fingerprint density at radius 3 is 2.67 bits per heavy atom. The van der Waals surface area contributed by atoms with E-state index in [1.807, 2.05) is 4.68 Å². The van der Waals surface area contributed by atoms with Crippen LogP contribution in [0.5, 0.6) is 0 Å². The lowest BCUT2D eigenvalue weighted by Crippen LogP contribution is -2.40. The van der Waals surface area contributed by atoms with Gasteiger partial charge in [0.25, 0.3) is 0 Å². The molecule has 0 saturated carbocycles. The molecule has 1 N–H and O–H groups in total. The molecule has 5 nitrogen and oxygen atoms in total. The molecule has 0 radical (unpaired) electrons. The average molecular weight is 251 g/mol. The Morgan fingerprint density at radius 2 is 2.00 bits per heavy atom. The van der Waals surface area contributed by atoms with Crippen LogP contribution < -0.4 is 5.32 Å². The normalized spacial score (nSPS) is 19.6. The SMILES string of the molecule is CC(CN1CCCCCC1)NCCn1cncn1. The molecule has 102 valence electrons. The zero-order chi connectivity index (χ0) is 12.6. The Hall–Kier alpha value is -0.940. The molecule has 0 aromatic carbocycles. The van der Waals surface area contributed by atoms with E-state index in [0.29, 0.717) is 6.04 Å². The summed E-state index contributed by atoms with van der Waals surface area (Å²) in [5.74, 6) is 0. The lowest BCUT2D eigenvalue weighted by atomic mass is 10.2. The van der Waals surface area contributed by atoms with Crippen LogP contribution in [0.25, 0.3) is 0 Å². The first kappa shape index (κ1) is 13.5. The molecule has 1 aromatic rings. The van der Waals surface area contributed by atoms with E-state index in [0.717, 1.165) is 19.6 Å². The van der Waals surface area contributed by atoms with Gasteiger partial charge in [0.2, 0.25) is 0 Å². The maximum absolute atomic E-state index is 4.10. The summed E-state index contributed by atoms with van der Waals surface area (Å²) >= 11 is 0. The Balaban J connectivity index is 1.60. The zero-order valence-corrected chi connectivity index (χ0v) is 11.4. The van der Waals surface area contributed by atoms with Gasteiger partial charge in [-0.3, -0.25) is 4.68 Å². The van der Waals surface area contributed by atoms with Crippen molar-refractivity contribution in [3.63, 3.8) is 0 Å². The van der Waals surface area contributed by atoms with Gasteiger partial charge in [-0.25, -0.2) is 4.98 Å². The van der Waals surface area contributed by atoms with E-state index in [2.05, 4.69) is 27.2 Å². The maximum atomic E-state index is 4.10. The molecule has 2 rings (SSSR count). The van der Waals surface area contributed by atoms with Gasteiger partial charge in [-0.05, 0) is 32.9 Å². The topological polar surface area (TPSA) is 46.0 Å². The zero-order valence-electron chi connectivity index (χ0n) is 11.4. The highest BCUT2D eigenvalue weighted by molar-refractivity contribution is 4.70. The molecule has 18 heavy (non-hydrogen) atoms. The monoisotopic (exact) mass is 251 g/mol. The Morgan fingerprint density at radius 1 is 1.22 bits per heavy atom. The summed E-state index contributed by atoms with van der Waals surface area (Å²) in [6.45, 7) is 7.83. The summed E-state index contributed by atoms with van der Waals surface area (Å²) in [5.41, 5.74) is 0. The number of hydrogen-bond acceptors (Lipinski definition) is 4. The predicted molar refractivity (Wildman–Crippen MR) is 72.4 cm³/mol. The van der Waals surface area contributed by atoms with Gasteiger partial charge in [-0.15, -0.1) is 0 Å². The van der Waals surface area contributed by atoms with Crippen LogP contribution in [-0.4, -0.2) is 51.9 Å². The highest BCUT2D eigenvalue weighted by atomic mass is 15.3. The first-order chi connectivity index (χ1) is 8.84. The van der Waals surface area contributed by atoms with Gasteiger partial charge in [-0.1, -0.05) is 12.8 Å². The van der Waals surface area contributed by atoms with E-state index in [-0.39, 0.29) is 0 Å². The van der Waals surface area contributed by atoms with E-state index < -0.39 is 0 Å². The Kier molecular flexibility index (Phi) is 5.61. The molecular weight excluding hydrogens is 226 g/mol.